The average Bonchev–Trinajstić information content (AvgIpc) is 2.62. The molecule has 1 N–H and O–H groups in total. The molecule has 0 aliphatic rings. The minimum Gasteiger partial charge on any atom is -0.494 e. The molecule has 0 heterocycles. The van der Waals surface area contributed by atoms with Crippen LogP contribution in [0.15, 0.2) is 42.5 Å². The van der Waals surface area contributed by atoms with Crippen molar-refractivity contribution in [3.63, 3.8) is 0 Å². The molecule has 5 heteroatoms. The molecular formula is C21H27FN2O2. The van der Waals surface area contributed by atoms with E-state index in [2.05, 4.69) is 31.0 Å². The topological polar surface area (TPSA) is 41.6 Å². The van der Waals surface area contributed by atoms with Crippen LogP contribution in [0.25, 0.3) is 0 Å². The molecule has 0 atom stereocenters. The van der Waals surface area contributed by atoms with Crippen molar-refractivity contribution in [2.45, 2.75) is 39.7 Å². The summed E-state index contributed by atoms with van der Waals surface area (Å²) in [4.78, 5) is 14.4. The highest BCUT2D eigenvalue weighted by atomic mass is 19.1. The van der Waals surface area contributed by atoms with Gasteiger partial charge in [0.05, 0.1) is 7.11 Å². The second-order valence-corrected chi connectivity index (χ2v) is 6.44. The van der Waals surface area contributed by atoms with Crippen molar-refractivity contribution in [3.05, 3.63) is 53.8 Å². The first kappa shape index (κ1) is 19.8. The highest BCUT2D eigenvalue weighted by Gasteiger charge is 2.09. The van der Waals surface area contributed by atoms with Crippen molar-refractivity contribution >= 4 is 17.3 Å². The van der Waals surface area contributed by atoms with E-state index in [9.17, 15) is 9.18 Å². The summed E-state index contributed by atoms with van der Waals surface area (Å²) in [7, 11) is 1.43. The summed E-state index contributed by atoms with van der Waals surface area (Å²) in [5.74, 6) is -0.294. The van der Waals surface area contributed by atoms with Crippen molar-refractivity contribution in [1.29, 1.82) is 0 Å². The van der Waals surface area contributed by atoms with Gasteiger partial charge in [-0.1, -0.05) is 6.07 Å². The molecule has 0 saturated carbocycles. The fourth-order valence-corrected chi connectivity index (χ4v) is 2.93. The lowest BCUT2D eigenvalue weighted by atomic mass is 10.1. The van der Waals surface area contributed by atoms with Crippen LogP contribution >= 0.6 is 0 Å². The van der Waals surface area contributed by atoms with Gasteiger partial charge in [0.25, 0.3) is 0 Å². The molecule has 140 valence electrons. The van der Waals surface area contributed by atoms with Gasteiger partial charge in [0.2, 0.25) is 5.91 Å². The average molecular weight is 358 g/mol. The third-order valence-electron chi connectivity index (χ3n) is 4.30. The normalized spacial score (nSPS) is 10.7. The third-order valence-corrected chi connectivity index (χ3v) is 4.30. The smallest absolute Gasteiger partial charge is 0.224 e. The van der Waals surface area contributed by atoms with E-state index in [0.29, 0.717) is 18.9 Å². The largest absolute Gasteiger partial charge is 0.494 e. The van der Waals surface area contributed by atoms with E-state index >= 15 is 0 Å². The van der Waals surface area contributed by atoms with Crippen molar-refractivity contribution in [3.8, 4) is 5.75 Å². The molecule has 0 saturated heterocycles. The number of amides is 1. The molecule has 4 nitrogen and oxygen atoms in total. The van der Waals surface area contributed by atoms with Crippen LogP contribution in [0.2, 0.25) is 0 Å². The zero-order valence-corrected chi connectivity index (χ0v) is 15.9. The Labute approximate surface area is 155 Å². The number of nitrogens with one attached hydrogen (secondary N) is 1. The minimum atomic E-state index is -0.411. The minimum absolute atomic E-state index is 0.0924. The van der Waals surface area contributed by atoms with Crippen molar-refractivity contribution in [1.82, 2.24) is 0 Å². The SMILES string of the molecule is CCN(c1ccc(NC(=O)CCc2ccc(OC)c(F)c2)cc1)C(C)C. The molecule has 2 aromatic carbocycles. The van der Waals surface area contributed by atoms with Crippen LogP contribution in [0, 0.1) is 5.82 Å². The zero-order chi connectivity index (χ0) is 19.1. The number of ether oxygens (including phenoxy) is 1. The van der Waals surface area contributed by atoms with Gasteiger partial charge in [-0.05, 0) is 69.2 Å². The number of hydrogen-bond acceptors (Lipinski definition) is 3. The predicted molar refractivity (Wildman–Crippen MR) is 105 cm³/mol. The molecular weight excluding hydrogens is 331 g/mol. The number of hydrogen-bond donors (Lipinski definition) is 1. The van der Waals surface area contributed by atoms with Gasteiger partial charge in [-0.2, -0.15) is 0 Å². The summed E-state index contributed by atoms with van der Waals surface area (Å²) < 4.78 is 18.6. The molecule has 0 unspecified atom stereocenters. The Kier molecular flexibility index (Phi) is 7.01. The fourth-order valence-electron chi connectivity index (χ4n) is 2.93. The summed E-state index contributed by atoms with van der Waals surface area (Å²) in [6.45, 7) is 7.36. The number of methoxy groups -OCH3 is 1. The molecule has 26 heavy (non-hydrogen) atoms. The lowest BCUT2D eigenvalue weighted by Gasteiger charge is -2.27. The molecule has 0 radical (unpaired) electrons. The summed E-state index contributed by atoms with van der Waals surface area (Å²) in [6.07, 6.45) is 0.766. The maximum absolute atomic E-state index is 13.7. The summed E-state index contributed by atoms with van der Waals surface area (Å²) in [6, 6.07) is 13.0. The zero-order valence-electron chi connectivity index (χ0n) is 15.9. The van der Waals surface area contributed by atoms with Gasteiger partial charge in [0.15, 0.2) is 11.6 Å². The summed E-state index contributed by atoms with van der Waals surface area (Å²) >= 11 is 0. The van der Waals surface area contributed by atoms with Gasteiger partial charge < -0.3 is 15.0 Å². The van der Waals surface area contributed by atoms with E-state index in [1.165, 1.54) is 13.2 Å². The standard InChI is InChI=1S/C21H27FN2O2/c1-5-24(15(2)3)18-10-8-17(9-11-18)23-21(25)13-7-16-6-12-20(26-4)19(22)14-16/h6,8-12,14-15H,5,7,13H2,1-4H3,(H,23,25). The number of anilines is 2. The van der Waals surface area contributed by atoms with Gasteiger partial charge in [-0.3, -0.25) is 4.79 Å². The van der Waals surface area contributed by atoms with Gasteiger partial charge in [-0.15, -0.1) is 0 Å². The quantitative estimate of drug-likeness (QED) is 0.747. The van der Waals surface area contributed by atoms with E-state index in [1.54, 1.807) is 12.1 Å². The van der Waals surface area contributed by atoms with E-state index in [-0.39, 0.29) is 11.7 Å². The van der Waals surface area contributed by atoms with Crippen LogP contribution in [0.5, 0.6) is 5.75 Å². The van der Waals surface area contributed by atoms with Crippen LogP contribution in [-0.4, -0.2) is 25.6 Å². The number of carbonyl (C=O) groups is 1. The molecule has 0 aliphatic carbocycles. The van der Waals surface area contributed by atoms with Gasteiger partial charge in [0.1, 0.15) is 0 Å². The Hall–Kier alpha value is -2.56. The van der Waals surface area contributed by atoms with Crippen LogP contribution in [0.1, 0.15) is 32.8 Å². The van der Waals surface area contributed by atoms with Gasteiger partial charge in [0, 0.05) is 30.4 Å². The summed E-state index contributed by atoms with van der Waals surface area (Å²) in [5.41, 5.74) is 2.66. The van der Waals surface area contributed by atoms with E-state index in [1.807, 2.05) is 24.3 Å². The number of rotatable bonds is 8. The van der Waals surface area contributed by atoms with Gasteiger partial charge in [-0.25, -0.2) is 4.39 Å². The fraction of sp³-hybridized carbons (Fsp3) is 0.381. The van der Waals surface area contributed by atoms with Crippen molar-refractivity contribution < 1.29 is 13.9 Å². The van der Waals surface area contributed by atoms with Crippen LogP contribution < -0.4 is 15.0 Å². The molecule has 2 rings (SSSR count). The van der Waals surface area contributed by atoms with Crippen molar-refractivity contribution in [2.75, 3.05) is 23.9 Å². The molecule has 0 fully saturated rings. The summed E-state index contributed by atoms with van der Waals surface area (Å²) in [5, 5.41) is 2.89. The van der Waals surface area contributed by atoms with Gasteiger partial charge >= 0.3 is 0 Å². The van der Waals surface area contributed by atoms with Crippen LogP contribution in [0.3, 0.4) is 0 Å². The third kappa shape index (κ3) is 5.22. The maximum Gasteiger partial charge on any atom is 0.224 e. The Balaban J connectivity index is 1.90. The van der Waals surface area contributed by atoms with E-state index in [4.69, 9.17) is 4.74 Å². The van der Waals surface area contributed by atoms with E-state index < -0.39 is 5.82 Å². The first-order valence-corrected chi connectivity index (χ1v) is 8.93. The highest BCUT2D eigenvalue weighted by molar-refractivity contribution is 5.91. The first-order chi connectivity index (χ1) is 12.4. The Bertz CT molecular complexity index is 729. The number of benzene rings is 2. The Morgan fingerprint density at radius 3 is 2.42 bits per heavy atom. The number of aryl methyl sites for hydroxylation is 1. The lowest BCUT2D eigenvalue weighted by molar-refractivity contribution is -0.116. The van der Waals surface area contributed by atoms with Crippen LogP contribution in [-0.2, 0) is 11.2 Å². The predicted octanol–water partition coefficient (Wildman–Crippen LogP) is 4.64. The number of carbonyl (C=O) groups excluding carboxylic acids is 1. The molecule has 1 amide bonds. The molecule has 0 spiro atoms. The second kappa shape index (κ2) is 9.22. The second-order valence-electron chi connectivity index (χ2n) is 6.44. The number of nitrogens with zero attached hydrogens (tertiary/aromatic N) is 1. The maximum atomic E-state index is 13.7. The molecule has 2 aromatic rings. The monoisotopic (exact) mass is 358 g/mol. The number of halogens is 1. The van der Waals surface area contributed by atoms with Crippen LogP contribution in [0.4, 0.5) is 15.8 Å². The first-order valence-electron chi connectivity index (χ1n) is 8.93. The molecule has 0 bridgehead atoms. The molecule has 0 aromatic heterocycles. The Morgan fingerprint density at radius 2 is 1.88 bits per heavy atom. The lowest BCUT2D eigenvalue weighted by Crippen LogP contribution is -2.30. The highest BCUT2D eigenvalue weighted by Crippen LogP contribution is 2.21. The van der Waals surface area contributed by atoms with Crippen molar-refractivity contribution in [2.24, 2.45) is 0 Å². The van der Waals surface area contributed by atoms with E-state index in [0.717, 1.165) is 23.5 Å². The molecule has 0 aliphatic heterocycles. The Morgan fingerprint density at radius 1 is 1.19 bits per heavy atom.